The largest absolute Gasteiger partial charge is 0.331 e. The maximum absolute atomic E-state index is 12.5. The summed E-state index contributed by atoms with van der Waals surface area (Å²) in [5, 5.41) is 0. The van der Waals surface area contributed by atoms with E-state index in [-0.39, 0.29) is 23.6 Å². The summed E-state index contributed by atoms with van der Waals surface area (Å²) in [5.41, 5.74) is 0.219. The van der Waals surface area contributed by atoms with Gasteiger partial charge in [-0.15, -0.1) is 6.58 Å². The Morgan fingerprint density at radius 3 is 2.76 bits per heavy atom. The van der Waals surface area contributed by atoms with E-state index in [0.29, 0.717) is 12.1 Å². The van der Waals surface area contributed by atoms with Crippen molar-refractivity contribution < 1.29 is 13.2 Å². The van der Waals surface area contributed by atoms with Gasteiger partial charge in [-0.2, -0.15) is 0 Å². The van der Waals surface area contributed by atoms with Crippen LogP contribution in [-0.2, 0) is 9.84 Å². The van der Waals surface area contributed by atoms with Gasteiger partial charge in [0.05, 0.1) is 11.5 Å². The van der Waals surface area contributed by atoms with Crippen molar-refractivity contribution in [1.82, 2.24) is 9.88 Å². The van der Waals surface area contributed by atoms with Crippen LogP contribution in [0.1, 0.15) is 22.5 Å². The molecule has 1 aliphatic heterocycles. The minimum atomic E-state index is -3.11. The molecule has 7 heteroatoms. The average Bonchev–Trinajstić information content (AvgIpc) is 2.75. The van der Waals surface area contributed by atoms with Gasteiger partial charge >= 0.3 is 0 Å². The van der Waals surface area contributed by atoms with E-state index in [2.05, 4.69) is 11.6 Å². The molecule has 1 amide bonds. The zero-order chi connectivity index (χ0) is 15.6. The summed E-state index contributed by atoms with van der Waals surface area (Å²) in [6.07, 6.45) is 1.93. The third-order valence-corrected chi connectivity index (χ3v) is 5.27. The molecule has 0 bridgehead atoms. The maximum atomic E-state index is 12.5. The summed E-state index contributed by atoms with van der Waals surface area (Å²) in [5.74, 6) is -0.447. The van der Waals surface area contributed by atoms with Crippen molar-refractivity contribution in [1.29, 1.82) is 0 Å². The van der Waals surface area contributed by atoms with Gasteiger partial charge in [-0.1, -0.05) is 6.08 Å². The Labute approximate surface area is 123 Å². The number of hydrogen-bond acceptors (Lipinski definition) is 4. The number of aryl methyl sites for hydroxylation is 1. The molecule has 1 aliphatic rings. The fourth-order valence-electron chi connectivity index (χ4n) is 2.45. The van der Waals surface area contributed by atoms with Gasteiger partial charge in [-0.25, -0.2) is 8.42 Å². The molecule has 1 aromatic rings. The van der Waals surface area contributed by atoms with Crippen molar-refractivity contribution in [2.45, 2.75) is 19.4 Å². The summed E-state index contributed by atoms with van der Waals surface area (Å²) in [6.45, 7) is 5.53. The van der Waals surface area contributed by atoms with Crippen molar-refractivity contribution in [3.05, 3.63) is 46.4 Å². The molecule has 2 heterocycles. The van der Waals surface area contributed by atoms with E-state index in [9.17, 15) is 18.0 Å². The number of carbonyl (C=O) groups is 1. The van der Waals surface area contributed by atoms with E-state index in [0.717, 1.165) is 0 Å². The SMILES string of the molecule is C=CCN(C(=O)c1ccc(C)[nH]c1=O)[C@H]1CCS(=O)(=O)C1. The number of amides is 1. The first kappa shape index (κ1) is 15.5. The number of aromatic amines is 1. The fraction of sp³-hybridized carbons (Fsp3) is 0.429. The fourth-order valence-corrected chi connectivity index (χ4v) is 4.18. The van der Waals surface area contributed by atoms with E-state index in [4.69, 9.17) is 0 Å². The normalized spacial score (nSPS) is 20.1. The number of aromatic nitrogens is 1. The van der Waals surface area contributed by atoms with Crippen LogP contribution in [0.5, 0.6) is 0 Å². The van der Waals surface area contributed by atoms with Crippen molar-refractivity contribution >= 4 is 15.7 Å². The summed E-state index contributed by atoms with van der Waals surface area (Å²) >= 11 is 0. The van der Waals surface area contributed by atoms with Gasteiger partial charge in [-0.3, -0.25) is 9.59 Å². The Bertz CT molecular complexity index is 721. The van der Waals surface area contributed by atoms with Crippen LogP contribution in [0.2, 0.25) is 0 Å². The minimum Gasteiger partial charge on any atom is -0.331 e. The number of rotatable bonds is 4. The van der Waals surface area contributed by atoms with Crippen LogP contribution in [0.15, 0.2) is 29.6 Å². The summed E-state index contributed by atoms with van der Waals surface area (Å²) in [7, 11) is -3.11. The second-order valence-corrected chi connectivity index (χ2v) is 7.42. The van der Waals surface area contributed by atoms with E-state index in [1.165, 1.54) is 17.0 Å². The van der Waals surface area contributed by atoms with Crippen LogP contribution in [0.25, 0.3) is 0 Å². The van der Waals surface area contributed by atoms with E-state index >= 15 is 0 Å². The molecule has 6 nitrogen and oxygen atoms in total. The lowest BCUT2D eigenvalue weighted by Gasteiger charge is -2.26. The number of H-pyrrole nitrogens is 1. The predicted molar refractivity (Wildman–Crippen MR) is 80.1 cm³/mol. The van der Waals surface area contributed by atoms with Gasteiger partial charge in [0.1, 0.15) is 5.56 Å². The van der Waals surface area contributed by atoms with Crippen LogP contribution in [-0.4, -0.2) is 48.3 Å². The average molecular weight is 310 g/mol. The lowest BCUT2D eigenvalue weighted by molar-refractivity contribution is 0.0719. The lowest BCUT2D eigenvalue weighted by atomic mass is 10.1. The predicted octanol–water partition coefficient (Wildman–Crippen LogP) is 0.499. The van der Waals surface area contributed by atoms with E-state index < -0.39 is 27.3 Å². The second kappa shape index (κ2) is 5.85. The molecule has 2 rings (SSSR count). The summed E-state index contributed by atoms with van der Waals surface area (Å²) in [6, 6.07) is 2.71. The molecule has 0 aromatic carbocycles. The summed E-state index contributed by atoms with van der Waals surface area (Å²) in [4.78, 5) is 28.4. The van der Waals surface area contributed by atoms with Crippen LogP contribution in [0.3, 0.4) is 0 Å². The molecule has 1 atom stereocenters. The van der Waals surface area contributed by atoms with E-state index in [1.807, 2.05) is 0 Å². The Balaban J connectivity index is 2.32. The molecular weight excluding hydrogens is 292 g/mol. The smallest absolute Gasteiger partial charge is 0.260 e. The quantitative estimate of drug-likeness (QED) is 0.820. The molecule has 0 spiro atoms. The van der Waals surface area contributed by atoms with Gasteiger partial charge < -0.3 is 9.88 Å². The van der Waals surface area contributed by atoms with Gasteiger partial charge in [0, 0.05) is 18.3 Å². The van der Waals surface area contributed by atoms with Crippen LogP contribution in [0, 0.1) is 6.92 Å². The molecule has 0 aliphatic carbocycles. The highest BCUT2D eigenvalue weighted by Gasteiger charge is 2.35. The molecule has 21 heavy (non-hydrogen) atoms. The van der Waals surface area contributed by atoms with Crippen LogP contribution < -0.4 is 5.56 Å². The molecule has 1 fully saturated rings. The van der Waals surface area contributed by atoms with Gasteiger partial charge in [-0.05, 0) is 25.5 Å². The number of nitrogens with zero attached hydrogens (tertiary/aromatic N) is 1. The molecular formula is C14H18N2O4S. The monoisotopic (exact) mass is 310 g/mol. The highest BCUT2D eigenvalue weighted by molar-refractivity contribution is 7.91. The number of hydrogen-bond donors (Lipinski definition) is 1. The molecule has 0 saturated carbocycles. The van der Waals surface area contributed by atoms with Crippen molar-refractivity contribution in [3.63, 3.8) is 0 Å². The van der Waals surface area contributed by atoms with Crippen molar-refractivity contribution in [2.24, 2.45) is 0 Å². The van der Waals surface area contributed by atoms with Crippen molar-refractivity contribution in [3.8, 4) is 0 Å². The maximum Gasteiger partial charge on any atom is 0.260 e. The third kappa shape index (κ3) is 3.41. The Kier molecular flexibility index (Phi) is 4.32. The zero-order valence-corrected chi connectivity index (χ0v) is 12.6. The molecule has 1 aromatic heterocycles. The van der Waals surface area contributed by atoms with Crippen molar-refractivity contribution in [2.75, 3.05) is 18.1 Å². The Hall–Kier alpha value is -1.89. The standard InChI is InChI=1S/C14H18N2O4S/c1-3-7-16(11-6-8-21(19,20)9-11)14(18)12-5-4-10(2)15-13(12)17/h3-5,11H,1,6-9H2,2H3,(H,15,17)/t11-/m0/s1. The molecule has 1 saturated heterocycles. The lowest BCUT2D eigenvalue weighted by Crippen LogP contribution is -2.43. The first-order chi connectivity index (χ1) is 9.84. The molecule has 0 unspecified atom stereocenters. The number of nitrogens with one attached hydrogen (secondary N) is 1. The summed E-state index contributed by atoms with van der Waals surface area (Å²) < 4.78 is 23.2. The zero-order valence-electron chi connectivity index (χ0n) is 11.8. The Morgan fingerprint density at radius 2 is 2.24 bits per heavy atom. The number of carbonyl (C=O) groups excluding carboxylic acids is 1. The number of sulfone groups is 1. The molecule has 1 N–H and O–H groups in total. The molecule has 0 radical (unpaired) electrons. The van der Waals surface area contributed by atoms with Crippen LogP contribution >= 0.6 is 0 Å². The van der Waals surface area contributed by atoms with Gasteiger partial charge in [0.2, 0.25) is 0 Å². The van der Waals surface area contributed by atoms with Gasteiger partial charge in [0.25, 0.3) is 11.5 Å². The highest BCUT2D eigenvalue weighted by Crippen LogP contribution is 2.19. The van der Waals surface area contributed by atoms with Gasteiger partial charge in [0.15, 0.2) is 9.84 Å². The van der Waals surface area contributed by atoms with Crippen LogP contribution in [0.4, 0.5) is 0 Å². The molecule has 114 valence electrons. The third-order valence-electron chi connectivity index (χ3n) is 3.52. The minimum absolute atomic E-state index is 0.0201. The first-order valence-electron chi connectivity index (χ1n) is 6.66. The number of pyridine rings is 1. The Morgan fingerprint density at radius 1 is 1.52 bits per heavy atom. The van der Waals surface area contributed by atoms with E-state index in [1.54, 1.807) is 13.0 Å². The highest BCUT2D eigenvalue weighted by atomic mass is 32.2. The topological polar surface area (TPSA) is 87.3 Å². The second-order valence-electron chi connectivity index (χ2n) is 5.19. The first-order valence-corrected chi connectivity index (χ1v) is 8.48.